The highest BCUT2D eigenvalue weighted by molar-refractivity contribution is 7.99. The van der Waals surface area contributed by atoms with Crippen molar-refractivity contribution in [3.63, 3.8) is 0 Å². The Bertz CT molecular complexity index is 421. The van der Waals surface area contributed by atoms with Crippen LogP contribution in [0.15, 0.2) is 22.7 Å². The van der Waals surface area contributed by atoms with Crippen LogP contribution in [0.1, 0.15) is 0 Å². The maximum absolute atomic E-state index is 5.45. The molecule has 4 nitrogen and oxygen atoms in total. The van der Waals surface area contributed by atoms with E-state index < -0.39 is 0 Å². The van der Waals surface area contributed by atoms with Gasteiger partial charge >= 0.3 is 0 Å². The Morgan fingerprint density at radius 3 is 3.07 bits per heavy atom. The Morgan fingerprint density at radius 2 is 2.40 bits per heavy atom. The molecule has 0 spiro atoms. The number of thiophene rings is 1. The number of aromatic nitrogens is 3. The summed E-state index contributed by atoms with van der Waals surface area (Å²) in [4.78, 5) is 1.14. The fourth-order valence-corrected chi connectivity index (χ4v) is 2.63. The summed E-state index contributed by atoms with van der Waals surface area (Å²) in [5.74, 6) is 1.79. The van der Waals surface area contributed by atoms with E-state index in [0.717, 1.165) is 21.6 Å². The minimum absolute atomic E-state index is 0.659. The zero-order valence-electron chi connectivity index (χ0n) is 8.38. The molecule has 0 atom stereocenters. The van der Waals surface area contributed by atoms with Crippen molar-refractivity contribution in [2.75, 3.05) is 12.3 Å². The highest BCUT2D eigenvalue weighted by atomic mass is 32.2. The first-order chi connectivity index (χ1) is 7.33. The first-order valence-electron chi connectivity index (χ1n) is 4.59. The molecule has 2 N–H and O–H groups in total. The fraction of sp³-hybridized carbons (Fsp3) is 0.333. The van der Waals surface area contributed by atoms with Crippen LogP contribution in [0.3, 0.4) is 0 Å². The van der Waals surface area contributed by atoms with Crippen molar-refractivity contribution in [3.8, 4) is 10.7 Å². The van der Waals surface area contributed by atoms with Gasteiger partial charge in [-0.15, -0.1) is 21.5 Å². The Hall–Kier alpha value is -0.850. The number of nitrogens with two attached hydrogens (primary N) is 1. The standard InChI is InChI=1S/C9H12N4S2/c1-13-8(7-3-2-5-14-7)11-12-9(13)15-6-4-10/h2-3,5H,4,6,10H2,1H3. The summed E-state index contributed by atoms with van der Waals surface area (Å²) >= 11 is 3.30. The molecule has 2 aromatic heterocycles. The van der Waals surface area contributed by atoms with Crippen LogP contribution < -0.4 is 5.73 Å². The van der Waals surface area contributed by atoms with Gasteiger partial charge < -0.3 is 10.3 Å². The highest BCUT2D eigenvalue weighted by Gasteiger charge is 2.10. The molecule has 15 heavy (non-hydrogen) atoms. The Balaban J connectivity index is 2.24. The van der Waals surface area contributed by atoms with Gasteiger partial charge in [0.1, 0.15) is 0 Å². The van der Waals surface area contributed by atoms with Crippen LogP contribution >= 0.6 is 23.1 Å². The van der Waals surface area contributed by atoms with Gasteiger partial charge in [0.15, 0.2) is 11.0 Å². The average Bonchev–Trinajstić information content (AvgIpc) is 2.84. The Labute approximate surface area is 96.5 Å². The molecule has 0 saturated heterocycles. The minimum Gasteiger partial charge on any atom is -0.330 e. The molecular weight excluding hydrogens is 228 g/mol. The zero-order valence-corrected chi connectivity index (χ0v) is 10.0. The summed E-state index contributed by atoms with van der Waals surface area (Å²) in [7, 11) is 1.98. The van der Waals surface area contributed by atoms with Crippen LogP contribution in [0.2, 0.25) is 0 Å². The van der Waals surface area contributed by atoms with E-state index in [1.165, 1.54) is 0 Å². The van der Waals surface area contributed by atoms with Crippen LogP contribution in [0.4, 0.5) is 0 Å². The maximum atomic E-state index is 5.45. The molecule has 0 radical (unpaired) electrons. The summed E-state index contributed by atoms with van der Waals surface area (Å²) < 4.78 is 2.01. The van der Waals surface area contributed by atoms with E-state index >= 15 is 0 Å². The van der Waals surface area contributed by atoms with Gasteiger partial charge in [-0.25, -0.2) is 0 Å². The fourth-order valence-electron chi connectivity index (χ4n) is 1.21. The largest absolute Gasteiger partial charge is 0.330 e. The number of rotatable bonds is 4. The van der Waals surface area contributed by atoms with Crippen LogP contribution in [0, 0.1) is 0 Å². The van der Waals surface area contributed by atoms with Gasteiger partial charge in [-0.05, 0) is 11.4 Å². The first kappa shape index (κ1) is 10.7. The summed E-state index contributed by atoms with van der Waals surface area (Å²) in [6.07, 6.45) is 0. The molecule has 0 aromatic carbocycles. The van der Waals surface area contributed by atoms with E-state index in [1.54, 1.807) is 23.1 Å². The quantitative estimate of drug-likeness (QED) is 0.825. The third-order valence-electron chi connectivity index (χ3n) is 1.93. The predicted molar refractivity (Wildman–Crippen MR) is 64.1 cm³/mol. The topological polar surface area (TPSA) is 56.7 Å². The van der Waals surface area contributed by atoms with Crippen LogP contribution in [0.5, 0.6) is 0 Å². The lowest BCUT2D eigenvalue weighted by atomic mass is 10.4. The van der Waals surface area contributed by atoms with E-state index in [0.29, 0.717) is 6.54 Å². The molecule has 0 aliphatic carbocycles. The van der Waals surface area contributed by atoms with Gasteiger partial charge in [0.2, 0.25) is 0 Å². The summed E-state index contributed by atoms with van der Waals surface area (Å²) in [5, 5.41) is 11.3. The minimum atomic E-state index is 0.659. The van der Waals surface area contributed by atoms with Gasteiger partial charge in [0.05, 0.1) is 4.88 Å². The molecule has 2 aromatic rings. The molecule has 0 unspecified atom stereocenters. The summed E-state index contributed by atoms with van der Waals surface area (Å²) in [6, 6.07) is 4.06. The van der Waals surface area contributed by atoms with Crippen molar-refractivity contribution in [2.45, 2.75) is 5.16 Å². The lowest BCUT2D eigenvalue weighted by molar-refractivity contribution is 0.794. The second-order valence-corrected chi connectivity index (χ2v) is 4.99. The third kappa shape index (κ3) is 2.22. The molecule has 0 amide bonds. The molecule has 0 aliphatic rings. The lowest BCUT2D eigenvalue weighted by Gasteiger charge is -2.00. The van der Waals surface area contributed by atoms with Crippen molar-refractivity contribution >= 4 is 23.1 Å². The lowest BCUT2D eigenvalue weighted by Crippen LogP contribution is -2.02. The molecule has 0 saturated carbocycles. The highest BCUT2D eigenvalue weighted by Crippen LogP contribution is 2.25. The van der Waals surface area contributed by atoms with E-state index in [4.69, 9.17) is 5.73 Å². The van der Waals surface area contributed by atoms with Crippen molar-refractivity contribution in [3.05, 3.63) is 17.5 Å². The maximum Gasteiger partial charge on any atom is 0.191 e. The Kier molecular flexibility index (Phi) is 3.40. The van der Waals surface area contributed by atoms with Gasteiger partial charge in [0.25, 0.3) is 0 Å². The number of thioether (sulfide) groups is 1. The number of hydrogen-bond acceptors (Lipinski definition) is 5. The number of nitrogens with zero attached hydrogens (tertiary/aromatic N) is 3. The predicted octanol–water partition coefficient (Wildman–Crippen LogP) is 1.59. The van der Waals surface area contributed by atoms with Crippen LogP contribution in [-0.4, -0.2) is 27.1 Å². The SMILES string of the molecule is Cn1c(SCCN)nnc1-c1cccs1. The second kappa shape index (κ2) is 4.78. The summed E-state index contributed by atoms with van der Waals surface area (Å²) in [6.45, 7) is 0.659. The first-order valence-corrected chi connectivity index (χ1v) is 6.45. The molecular formula is C9H12N4S2. The molecule has 2 rings (SSSR count). The molecule has 0 fully saturated rings. The van der Waals surface area contributed by atoms with E-state index in [9.17, 15) is 0 Å². The van der Waals surface area contributed by atoms with Gasteiger partial charge in [-0.2, -0.15) is 0 Å². The molecule has 0 aliphatic heterocycles. The Morgan fingerprint density at radius 1 is 1.53 bits per heavy atom. The van der Waals surface area contributed by atoms with Gasteiger partial charge in [-0.1, -0.05) is 17.8 Å². The van der Waals surface area contributed by atoms with Gasteiger partial charge in [-0.3, -0.25) is 0 Å². The molecule has 80 valence electrons. The van der Waals surface area contributed by atoms with Crippen LogP contribution in [-0.2, 0) is 7.05 Å². The molecule has 6 heteroatoms. The van der Waals surface area contributed by atoms with E-state index in [-0.39, 0.29) is 0 Å². The summed E-state index contributed by atoms with van der Waals surface area (Å²) in [5.41, 5.74) is 5.45. The third-order valence-corrected chi connectivity index (χ3v) is 3.84. The van der Waals surface area contributed by atoms with E-state index in [1.807, 2.05) is 29.1 Å². The normalized spacial score (nSPS) is 10.8. The van der Waals surface area contributed by atoms with Gasteiger partial charge in [0, 0.05) is 19.3 Å². The van der Waals surface area contributed by atoms with Crippen molar-refractivity contribution in [2.24, 2.45) is 12.8 Å². The molecule has 0 bridgehead atoms. The van der Waals surface area contributed by atoms with Crippen molar-refractivity contribution < 1.29 is 0 Å². The van der Waals surface area contributed by atoms with Crippen molar-refractivity contribution in [1.82, 2.24) is 14.8 Å². The van der Waals surface area contributed by atoms with E-state index in [2.05, 4.69) is 10.2 Å². The average molecular weight is 240 g/mol. The molecule has 2 heterocycles. The van der Waals surface area contributed by atoms with Crippen molar-refractivity contribution in [1.29, 1.82) is 0 Å². The van der Waals surface area contributed by atoms with Crippen LogP contribution in [0.25, 0.3) is 10.7 Å². The monoisotopic (exact) mass is 240 g/mol. The second-order valence-electron chi connectivity index (χ2n) is 2.98. The number of hydrogen-bond donors (Lipinski definition) is 1. The smallest absolute Gasteiger partial charge is 0.191 e. The zero-order chi connectivity index (χ0) is 10.7.